The molecule has 26 heavy (non-hydrogen) atoms. The molecule has 144 valence electrons. The van der Waals surface area contributed by atoms with Crippen LogP contribution in [-0.2, 0) is 17.8 Å². The molecular weight excluding hydrogens is 461 g/mol. The molecule has 0 saturated heterocycles. The predicted molar refractivity (Wildman–Crippen MR) is 120 cm³/mol. The summed E-state index contributed by atoms with van der Waals surface area (Å²) in [5.41, 5.74) is 2.45. The van der Waals surface area contributed by atoms with E-state index in [1.807, 2.05) is 26.2 Å². The van der Waals surface area contributed by atoms with Crippen LogP contribution >= 0.6 is 35.3 Å². The molecule has 7 heteroatoms. The first-order valence-electron chi connectivity index (χ1n) is 8.36. The van der Waals surface area contributed by atoms with Gasteiger partial charge in [0.2, 0.25) is 0 Å². The number of benzene rings is 1. The third-order valence-electron chi connectivity index (χ3n) is 3.68. The van der Waals surface area contributed by atoms with E-state index in [-0.39, 0.29) is 24.0 Å². The number of methoxy groups -OCH3 is 1. The molecule has 2 rings (SSSR count). The lowest BCUT2D eigenvalue weighted by atomic mass is 10.2. The summed E-state index contributed by atoms with van der Waals surface area (Å²) in [5.74, 6) is 1.76. The highest BCUT2D eigenvalue weighted by Crippen LogP contribution is 2.14. The number of guanidine groups is 1. The molecule has 1 N–H and O–H groups in total. The van der Waals surface area contributed by atoms with Crippen molar-refractivity contribution in [1.29, 1.82) is 0 Å². The van der Waals surface area contributed by atoms with E-state index in [1.165, 1.54) is 5.56 Å². The Kier molecular flexibility index (Phi) is 11.3. The van der Waals surface area contributed by atoms with Crippen LogP contribution in [0.25, 0.3) is 0 Å². The topological polar surface area (TPSA) is 46.1 Å². The molecule has 0 aliphatic carbocycles. The minimum Gasteiger partial charge on any atom is -0.493 e. The zero-order chi connectivity index (χ0) is 17.9. The van der Waals surface area contributed by atoms with Crippen molar-refractivity contribution in [3.05, 3.63) is 52.2 Å². The number of hydrogen-bond donors (Lipinski definition) is 1. The number of thiophene rings is 1. The Labute approximate surface area is 177 Å². The van der Waals surface area contributed by atoms with E-state index in [4.69, 9.17) is 9.47 Å². The van der Waals surface area contributed by atoms with E-state index in [0.717, 1.165) is 30.2 Å². The molecule has 0 spiro atoms. The van der Waals surface area contributed by atoms with Crippen LogP contribution in [0.1, 0.15) is 17.5 Å². The number of rotatable bonds is 9. The van der Waals surface area contributed by atoms with E-state index >= 15 is 0 Å². The Morgan fingerprint density at radius 3 is 2.77 bits per heavy atom. The number of nitrogens with one attached hydrogen (secondary N) is 1. The van der Waals surface area contributed by atoms with Gasteiger partial charge in [0.1, 0.15) is 5.75 Å². The van der Waals surface area contributed by atoms with Gasteiger partial charge in [-0.05, 0) is 40.1 Å². The van der Waals surface area contributed by atoms with E-state index in [9.17, 15) is 0 Å². The van der Waals surface area contributed by atoms with Gasteiger partial charge in [-0.2, -0.15) is 11.3 Å². The highest BCUT2D eigenvalue weighted by molar-refractivity contribution is 14.0. The van der Waals surface area contributed by atoms with Gasteiger partial charge in [0, 0.05) is 47.3 Å². The zero-order valence-electron chi connectivity index (χ0n) is 15.6. The lowest BCUT2D eigenvalue weighted by molar-refractivity contribution is 0.172. The lowest BCUT2D eigenvalue weighted by Crippen LogP contribution is -2.37. The number of ether oxygens (including phenoxy) is 2. The van der Waals surface area contributed by atoms with Gasteiger partial charge in [-0.25, -0.2) is 0 Å². The molecule has 1 aromatic carbocycles. The summed E-state index contributed by atoms with van der Waals surface area (Å²) in [7, 11) is 5.55. The van der Waals surface area contributed by atoms with E-state index in [1.54, 1.807) is 18.4 Å². The second-order valence-corrected chi connectivity index (χ2v) is 6.51. The van der Waals surface area contributed by atoms with Crippen molar-refractivity contribution < 1.29 is 9.47 Å². The van der Waals surface area contributed by atoms with E-state index in [2.05, 4.69) is 44.2 Å². The summed E-state index contributed by atoms with van der Waals surface area (Å²) in [6, 6.07) is 10.3. The van der Waals surface area contributed by atoms with E-state index in [0.29, 0.717) is 19.8 Å². The minimum atomic E-state index is 0. The SMILES string of the molecule is CN=C(NCc1cccc(OCCCOC)c1)N(C)Cc1ccsc1.I. The average molecular weight is 489 g/mol. The van der Waals surface area contributed by atoms with Crippen molar-refractivity contribution in [2.45, 2.75) is 19.5 Å². The number of hydrogen-bond acceptors (Lipinski definition) is 4. The largest absolute Gasteiger partial charge is 0.493 e. The molecule has 5 nitrogen and oxygen atoms in total. The van der Waals surface area contributed by atoms with Gasteiger partial charge in [0.25, 0.3) is 0 Å². The van der Waals surface area contributed by atoms with Crippen molar-refractivity contribution in [3.8, 4) is 5.75 Å². The molecule has 0 bridgehead atoms. The van der Waals surface area contributed by atoms with Crippen molar-refractivity contribution >= 4 is 41.3 Å². The average Bonchev–Trinajstić information content (AvgIpc) is 3.13. The molecule has 0 aliphatic rings. The lowest BCUT2D eigenvalue weighted by Gasteiger charge is -2.21. The van der Waals surface area contributed by atoms with Crippen LogP contribution in [-0.4, -0.2) is 45.3 Å². The van der Waals surface area contributed by atoms with Crippen molar-refractivity contribution in [2.75, 3.05) is 34.4 Å². The number of aliphatic imine (C=N–C) groups is 1. The maximum atomic E-state index is 5.75. The highest BCUT2D eigenvalue weighted by atomic mass is 127. The van der Waals surface area contributed by atoms with Crippen LogP contribution in [0.5, 0.6) is 5.75 Å². The summed E-state index contributed by atoms with van der Waals surface area (Å²) in [4.78, 5) is 6.48. The van der Waals surface area contributed by atoms with Gasteiger partial charge >= 0.3 is 0 Å². The van der Waals surface area contributed by atoms with Gasteiger partial charge in [0.15, 0.2) is 5.96 Å². The molecule has 2 aromatic rings. The molecule has 0 unspecified atom stereocenters. The maximum absolute atomic E-state index is 5.75. The van der Waals surface area contributed by atoms with E-state index < -0.39 is 0 Å². The Morgan fingerprint density at radius 2 is 2.08 bits per heavy atom. The van der Waals surface area contributed by atoms with Gasteiger partial charge in [-0.3, -0.25) is 4.99 Å². The summed E-state index contributed by atoms with van der Waals surface area (Å²) >= 11 is 1.71. The molecule has 0 radical (unpaired) electrons. The van der Waals surface area contributed by atoms with Crippen LogP contribution in [0.4, 0.5) is 0 Å². The van der Waals surface area contributed by atoms with Gasteiger partial charge in [0.05, 0.1) is 6.61 Å². The Hall–Kier alpha value is -1.32. The summed E-state index contributed by atoms with van der Waals surface area (Å²) in [5, 5.41) is 7.66. The molecule has 0 fully saturated rings. The number of halogens is 1. The van der Waals surface area contributed by atoms with Crippen LogP contribution < -0.4 is 10.1 Å². The molecule has 0 amide bonds. The normalized spacial score (nSPS) is 11.0. The fourth-order valence-corrected chi connectivity index (χ4v) is 3.10. The Morgan fingerprint density at radius 1 is 1.23 bits per heavy atom. The number of nitrogens with zero attached hydrogens (tertiary/aromatic N) is 2. The summed E-state index contributed by atoms with van der Waals surface area (Å²) in [6.45, 7) is 2.92. The van der Waals surface area contributed by atoms with Gasteiger partial charge in [-0.1, -0.05) is 12.1 Å². The zero-order valence-corrected chi connectivity index (χ0v) is 18.8. The molecule has 1 aromatic heterocycles. The van der Waals surface area contributed by atoms with Crippen LogP contribution in [0.15, 0.2) is 46.1 Å². The van der Waals surface area contributed by atoms with Crippen LogP contribution in [0.3, 0.4) is 0 Å². The second kappa shape index (κ2) is 12.9. The first-order valence-corrected chi connectivity index (χ1v) is 9.30. The quantitative estimate of drug-likeness (QED) is 0.251. The smallest absolute Gasteiger partial charge is 0.193 e. The van der Waals surface area contributed by atoms with Crippen LogP contribution in [0.2, 0.25) is 0 Å². The molecular formula is C19H28IN3O2S. The van der Waals surface area contributed by atoms with Crippen molar-refractivity contribution in [1.82, 2.24) is 10.2 Å². The summed E-state index contributed by atoms with van der Waals surface area (Å²) in [6.07, 6.45) is 0.888. The third-order valence-corrected chi connectivity index (χ3v) is 4.42. The molecule has 0 aliphatic heterocycles. The standard InChI is InChI=1S/C19H27N3O2S.HI/c1-20-19(22(2)14-17-8-11-25-15-17)21-13-16-6-4-7-18(12-16)24-10-5-9-23-3;/h4,6-8,11-12,15H,5,9-10,13-14H2,1-3H3,(H,20,21);1H. The van der Waals surface area contributed by atoms with Crippen LogP contribution in [0, 0.1) is 0 Å². The minimum absolute atomic E-state index is 0. The monoisotopic (exact) mass is 489 g/mol. The van der Waals surface area contributed by atoms with Gasteiger partial charge < -0.3 is 19.7 Å². The Bertz CT molecular complexity index is 650. The molecule has 1 heterocycles. The second-order valence-electron chi connectivity index (χ2n) is 5.73. The fraction of sp³-hybridized carbons (Fsp3) is 0.421. The molecule has 0 atom stereocenters. The van der Waals surface area contributed by atoms with Crippen molar-refractivity contribution in [2.24, 2.45) is 4.99 Å². The van der Waals surface area contributed by atoms with Crippen molar-refractivity contribution in [3.63, 3.8) is 0 Å². The first kappa shape index (κ1) is 22.7. The van der Waals surface area contributed by atoms with Gasteiger partial charge in [-0.15, -0.1) is 24.0 Å². The Balaban J connectivity index is 0.00000338. The first-order chi connectivity index (χ1) is 12.2. The highest BCUT2D eigenvalue weighted by Gasteiger charge is 2.07. The fourth-order valence-electron chi connectivity index (χ4n) is 2.44. The molecule has 0 saturated carbocycles. The predicted octanol–water partition coefficient (Wildman–Crippen LogP) is 3.99. The maximum Gasteiger partial charge on any atom is 0.193 e. The third kappa shape index (κ3) is 7.92. The summed E-state index contributed by atoms with van der Waals surface area (Å²) < 4.78 is 10.8.